The minimum Gasteiger partial charge on any atom is -0.385 e. The second-order valence-corrected chi connectivity index (χ2v) is 8.36. The smallest absolute Gasteiger partial charge is 0.264 e. The highest BCUT2D eigenvalue weighted by Gasteiger charge is 2.23. The van der Waals surface area contributed by atoms with E-state index in [0.29, 0.717) is 30.8 Å². The van der Waals surface area contributed by atoms with Gasteiger partial charge in [-0.2, -0.15) is 0 Å². The molecule has 2 aromatic rings. The molecule has 6 nitrogen and oxygen atoms in total. The van der Waals surface area contributed by atoms with Crippen LogP contribution in [0.15, 0.2) is 47.4 Å². The first kappa shape index (κ1) is 20.9. The number of nitrogens with zero attached hydrogens (tertiary/aromatic N) is 1. The van der Waals surface area contributed by atoms with Gasteiger partial charge in [0.05, 0.1) is 10.6 Å². The summed E-state index contributed by atoms with van der Waals surface area (Å²) in [5.41, 5.74) is 2.64. The van der Waals surface area contributed by atoms with Gasteiger partial charge in [-0.15, -0.1) is 0 Å². The van der Waals surface area contributed by atoms with E-state index in [2.05, 4.69) is 5.32 Å². The Morgan fingerprint density at radius 2 is 1.78 bits per heavy atom. The van der Waals surface area contributed by atoms with Crippen molar-refractivity contribution in [1.29, 1.82) is 0 Å². The highest BCUT2D eigenvalue weighted by Crippen LogP contribution is 2.26. The van der Waals surface area contributed by atoms with Crippen molar-refractivity contribution in [1.82, 2.24) is 5.32 Å². The standard InChI is InChI=1S/C20H26N2O4S/c1-15-6-10-18(11-7-15)27(24,25)22(3)19-14-17(9-8-16(19)2)20(23)21-12-5-13-26-4/h6-11,14H,5,12-13H2,1-4H3,(H,21,23). The number of methoxy groups -OCH3 is 1. The summed E-state index contributed by atoms with van der Waals surface area (Å²) in [5, 5.41) is 2.81. The van der Waals surface area contributed by atoms with Gasteiger partial charge in [0.25, 0.3) is 15.9 Å². The number of carbonyl (C=O) groups excluding carboxylic acids is 1. The van der Waals surface area contributed by atoms with Crippen LogP contribution in [0.1, 0.15) is 27.9 Å². The molecule has 0 aromatic heterocycles. The lowest BCUT2D eigenvalue weighted by molar-refractivity contribution is 0.0948. The van der Waals surface area contributed by atoms with Gasteiger partial charge in [0, 0.05) is 32.9 Å². The van der Waals surface area contributed by atoms with Crippen LogP contribution in [-0.2, 0) is 14.8 Å². The fraction of sp³-hybridized carbons (Fsp3) is 0.350. The summed E-state index contributed by atoms with van der Waals surface area (Å²) >= 11 is 0. The third-order valence-corrected chi connectivity index (χ3v) is 6.09. The number of nitrogens with one attached hydrogen (secondary N) is 1. The van der Waals surface area contributed by atoms with Gasteiger partial charge in [0.1, 0.15) is 0 Å². The van der Waals surface area contributed by atoms with Crippen LogP contribution < -0.4 is 9.62 Å². The normalized spacial score (nSPS) is 11.3. The molecule has 0 fully saturated rings. The quantitative estimate of drug-likeness (QED) is 0.703. The van der Waals surface area contributed by atoms with E-state index in [1.165, 1.54) is 11.4 Å². The van der Waals surface area contributed by atoms with E-state index < -0.39 is 10.0 Å². The molecule has 0 unspecified atom stereocenters. The van der Waals surface area contributed by atoms with Crippen molar-refractivity contribution in [3.8, 4) is 0 Å². The van der Waals surface area contributed by atoms with Crippen LogP contribution in [0.2, 0.25) is 0 Å². The maximum atomic E-state index is 12.9. The summed E-state index contributed by atoms with van der Waals surface area (Å²) in [6.07, 6.45) is 0.711. The first-order chi connectivity index (χ1) is 12.8. The van der Waals surface area contributed by atoms with Crippen LogP contribution in [0.4, 0.5) is 5.69 Å². The Hall–Kier alpha value is -2.38. The molecule has 0 aliphatic carbocycles. The number of hydrogen-bond acceptors (Lipinski definition) is 4. The van der Waals surface area contributed by atoms with Crippen molar-refractivity contribution in [3.05, 3.63) is 59.2 Å². The lowest BCUT2D eigenvalue weighted by atomic mass is 10.1. The Labute approximate surface area is 161 Å². The van der Waals surface area contributed by atoms with Gasteiger partial charge in [0.15, 0.2) is 0 Å². The second kappa shape index (κ2) is 9.01. The van der Waals surface area contributed by atoms with Crippen molar-refractivity contribution >= 4 is 21.6 Å². The fourth-order valence-electron chi connectivity index (χ4n) is 2.61. The van der Waals surface area contributed by atoms with Crippen molar-refractivity contribution in [2.24, 2.45) is 0 Å². The minimum absolute atomic E-state index is 0.212. The van der Waals surface area contributed by atoms with E-state index in [4.69, 9.17) is 4.74 Å². The average Bonchev–Trinajstić information content (AvgIpc) is 2.65. The molecule has 0 heterocycles. The zero-order valence-corrected chi connectivity index (χ0v) is 17.0. The van der Waals surface area contributed by atoms with Crippen LogP contribution in [0.25, 0.3) is 0 Å². The van der Waals surface area contributed by atoms with Crippen molar-refractivity contribution < 1.29 is 17.9 Å². The number of amides is 1. The van der Waals surface area contributed by atoms with E-state index in [-0.39, 0.29) is 10.8 Å². The highest BCUT2D eigenvalue weighted by molar-refractivity contribution is 7.92. The summed E-state index contributed by atoms with van der Waals surface area (Å²) in [7, 11) is -0.606. The van der Waals surface area contributed by atoms with Crippen molar-refractivity contribution in [2.75, 3.05) is 31.6 Å². The molecule has 0 radical (unpaired) electrons. The Morgan fingerprint density at radius 1 is 1.11 bits per heavy atom. The maximum absolute atomic E-state index is 12.9. The largest absolute Gasteiger partial charge is 0.385 e. The molecular formula is C20H26N2O4S. The third-order valence-electron chi connectivity index (χ3n) is 4.30. The monoisotopic (exact) mass is 390 g/mol. The molecule has 27 heavy (non-hydrogen) atoms. The molecule has 146 valence electrons. The predicted octanol–water partition coefficient (Wildman–Crippen LogP) is 2.89. The molecular weight excluding hydrogens is 364 g/mol. The van der Waals surface area contributed by atoms with Crippen LogP contribution in [0.3, 0.4) is 0 Å². The lowest BCUT2D eigenvalue weighted by Gasteiger charge is -2.22. The molecule has 1 N–H and O–H groups in total. The predicted molar refractivity (Wildman–Crippen MR) is 107 cm³/mol. The van der Waals surface area contributed by atoms with Crippen LogP contribution in [0.5, 0.6) is 0 Å². The van der Waals surface area contributed by atoms with Crippen LogP contribution in [0, 0.1) is 13.8 Å². The number of ether oxygens (including phenoxy) is 1. The van der Waals surface area contributed by atoms with E-state index >= 15 is 0 Å². The number of benzene rings is 2. The van der Waals surface area contributed by atoms with Gasteiger partial charge < -0.3 is 10.1 Å². The van der Waals surface area contributed by atoms with Gasteiger partial charge in [-0.3, -0.25) is 9.10 Å². The first-order valence-electron chi connectivity index (χ1n) is 8.70. The third kappa shape index (κ3) is 5.08. The molecule has 0 saturated heterocycles. The minimum atomic E-state index is -3.71. The van der Waals surface area contributed by atoms with Gasteiger partial charge in [-0.25, -0.2) is 8.42 Å². The van der Waals surface area contributed by atoms with E-state index in [1.807, 2.05) is 13.8 Å². The second-order valence-electron chi connectivity index (χ2n) is 6.39. The number of sulfonamides is 1. The SMILES string of the molecule is COCCCNC(=O)c1ccc(C)c(N(C)S(=O)(=O)c2ccc(C)cc2)c1. The van der Waals surface area contributed by atoms with E-state index in [9.17, 15) is 13.2 Å². The van der Waals surface area contributed by atoms with Gasteiger partial charge in [-0.05, 0) is 50.1 Å². The van der Waals surface area contributed by atoms with Crippen LogP contribution >= 0.6 is 0 Å². The number of carbonyl (C=O) groups is 1. The summed E-state index contributed by atoms with van der Waals surface area (Å²) in [6, 6.07) is 11.7. The Bertz CT molecular complexity index is 893. The Kier molecular flexibility index (Phi) is 6.98. The Morgan fingerprint density at radius 3 is 2.41 bits per heavy atom. The number of aryl methyl sites for hydroxylation is 2. The molecule has 0 saturated carbocycles. The lowest BCUT2D eigenvalue weighted by Crippen LogP contribution is -2.28. The van der Waals surface area contributed by atoms with Gasteiger partial charge >= 0.3 is 0 Å². The van der Waals surface area contributed by atoms with Crippen LogP contribution in [-0.4, -0.2) is 41.6 Å². The zero-order chi connectivity index (χ0) is 20.0. The molecule has 0 atom stereocenters. The van der Waals surface area contributed by atoms with E-state index in [1.54, 1.807) is 49.6 Å². The fourth-order valence-corrected chi connectivity index (χ4v) is 3.86. The molecule has 2 rings (SSSR count). The summed E-state index contributed by atoms with van der Waals surface area (Å²) in [5.74, 6) is -0.242. The van der Waals surface area contributed by atoms with Crippen molar-refractivity contribution in [3.63, 3.8) is 0 Å². The number of rotatable bonds is 8. The van der Waals surface area contributed by atoms with E-state index in [0.717, 1.165) is 11.1 Å². The van der Waals surface area contributed by atoms with Crippen molar-refractivity contribution in [2.45, 2.75) is 25.2 Å². The molecule has 2 aromatic carbocycles. The zero-order valence-electron chi connectivity index (χ0n) is 16.2. The molecule has 0 aliphatic heterocycles. The number of anilines is 1. The number of hydrogen-bond donors (Lipinski definition) is 1. The highest BCUT2D eigenvalue weighted by atomic mass is 32.2. The molecule has 0 aliphatic rings. The molecule has 7 heteroatoms. The molecule has 0 spiro atoms. The maximum Gasteiger partial charge on any atom is 0.264 e. The summed E-state index contributed by atoms with van der Waals surface area (Å²) in [4.78, 5) is 12.5. The topological polar surface area (TPSA) is 75.7 Å². The summed E-state index contributed by atoms with van der Waals surface area (Å²) in [6.45, 7) is 4.78. The first-order valence-corrected chi connectivity index (χ1v) is 10.1. The van der Waals surface area contributed by atoms with Gasteiger partial charge in [0.2, 0.25) is 0 Å². The molecule has 0 bridgehead atoms. The molecule has 1 amide bonds. The average molecular weight is 391 g/mol. The van der Waals surface area contributed by atoms with Gasteiger partial charge in [-0.1, -0.05) is 23.8 Å². The Balaban J connectivity index is 2.26. The summed E-state index contributed by atoms with van der Waals surface area (Å²) < 4.78 is 32.0.